The summed E-state index contributed by atoms with van der Waals surface area (Å²) in [5, 5.41) is 3.52. The van der Waals surface area contributed by atoms with E-state index in [9.17, 15) is 0 Å². The average Bonchev–Trinajstić information content (AvgIpc) is 1.86. The molecule has 1 unspecified atom stereocenters. The van der Waals surface area contributed by atoms with Crippen LogP contribution < -0.4 is 5.32 Å². The number of quaternary nitrogens is 1. The molecular weight excluding hydrogens is 138 g/mol. The maximum atomic E-state index is 3.52. The molecule has 0 radical (unpaired) electrons. The zero-order valence-electron chi connectivity index (χ0n) is 8.09. The normalized spacial score (nSPS) is 28.9. The van der Waals surface area contributed by atoms with Crippen LogP contribution in [0.4, 0.5) is 0 Å². The summed E-state index contributed by atoms with van der Waals surface area (Å²) in [4.78, 5) is 2.38. The number of likely N-dealkylation sites (N-methyl/N-ethyl adjacent to an activating group) is 2. The van der Waals surface area contributed by atoms with Gasteiger partial charge in [0.15, 0.2) is 6.17 Å². The highest BCUT2D eigenvalue weighted by atomic mass is 15.4. The second kappa shape index (κ2) is 3.09. The first-order valence-corrected chi connectivity index (χ1v) is 4.23. The van der Waals surface area contributed by atoms with E-state index in [0.29, 0.717) is 6.17 Å². The topological polar surface area (TPSA) is 15.3 Å². The zero-order valence-corrected chi connectivity index (χ0v) is 8.09. The molecule has 0 saturated carbocycles. The maximum Gasteiger partial charge on any atom is 0.155 e. The van der Waals surface area contributed by atoms with Crippen molar-refractivity contribution < 1.29 is 4.48 Å². The first kappa shape index (κ1) is 8.97. The summed E-state index contributed by atoms with van der Waals surface area (Å²) in [5.74, 6) is 0. The van der Waals surface area contributed by atoms with Gasteiger partial charge in [0.25, 0.3) is 0 Å². The van der Waals surface area contributed by atoms with Crippen LogP contribution in [0.25, 0.3) is 0 Å². The van der Waals surface area contributed by atoms with E-state index in [1.165, 1.54) is 6.54 Å². The largest absolute Gasteiger partial charge is 0.315 e. The first-order valence-electron chi connectivity index (χ1n) is 4.23. The Morgan fingerprint density at radius 2 is 2.00 bits per heavy atom. The summed E-state index contributed by atoms with van der Waals surface area (Å²) < 4.78 is 1.00. The summed E-state index contributed by atoms with van der Waals surface area (Å²) in [6.07, 6.45) is 0.591. The predicted octanol–water partition coefficient (Wildman–Crippen LogP) is -0.446. The molecule has 66 valence electrons. The van der Waals surface area contributed by atoms with Gasteiger partial charge in [0.1, 0.15) is 0 Å². The number of hydrogen-bond acceptors (Lipinski definition) is 2. The molecule has 1 aliphatic heterocycles. The SMILES string of the molecule is CN1CCNC([N+](C)(C)C)C1. The van der Waals surface area contributed by atoms with E-state index in [1.54, 1.807) is 0 Å². The van der Waals surface area contributed by atoms with Crippen LogP contribution in [-0.2, 0) is 0 Å². The predicted molar refractivity (Wildman–Crippen MR) is 47.3 cm³/mol. The van der Waals surface area contributed by atoms with Crippen LogP contribution in [0.15, 0.2) is 0 Å². The Hall–Kier alpha value is -0.120. The molecule has 1 fully saturated rings. The lowest BCUT2D eigenvalue weighted by Crippen LogP contribution is -2.62. The van der Waals surface area contributed by atoms with E-state index in [2.05, 4.69) is 38.4 Å². The Bertz CT molecular complexity index is 128. The maximum absolute atomic E-state index is 3.52. The van der Waals surface area contributed by atoms with E-state index in [4.69, 9.17) is 0 Å². The van der Waals surface area contributed by atoms with Gasteiger partial charge in [-0.3, -0.25) is 10.2 Å². The lowest BCUT2D eigenvalue weighted by atomic mass is 10.3. The molecule has 0 aromatic carbocycles. The van der Waals surface area contributed by atoms with Crippen LogP contribution in [0.3, 0.4) is 0 Å². The molecule has 0 aromatic heterocycles. The van der Waals surface area contributed by atoms with Gasteiger partial charge in [0.05, 0.1) is 27.7 Å². The van der Waals surface area contributed by atoms with Crippen molar-refractivity contribution in [3.05, 3.63) is 0 Å². The molecule has 1 heterocycles. The number of hydrogen-bond donors (Lipinski definition) is 1. The number of piperazine rings is 1. The average molecular weight is 158 g/mol. The fourth-order valence-electron chi connectivity index (χ4n) is 1.39. The van der Waals surface area contributed by atoms with Gasteiger partial charge in [-0.25, -0.2) is 0 Å². The van der Waals surface area contributed by atoms with Crippen molar-refractivity contribution in [2.75, 3.05) is 47.8 Å². The fraction of sp³-hybridized carbons (Fsp3) is 1.00. The molecule has 3 nitrogen and oxygen atoms in total. The second-order valence-electron chi connectivity index (χ2n) is 4.35. The highest BCUT2D eigenvalue weighted by Gasteiger charge is 2.27. The third-order valence-corrected chi connectivity index (χ3v) is 2.29. The molecule has 1 aliphatic rings. The van der Waals surface area contributed by atoms with Crippen molar-refractivity contribution in [2.45, 2.75) is 6.17 Å². The third kappa shape index (κ3) is 2.43. The fourth-order valence-corrected chi connectivity index (χ4v) is 1.39. The van der Waals surface area contributed by atoms with Gasteiger partial charge in [-0.1, -0.05) is 0 Å². The van der Waals surface area contributed by atoms with E-state index < -0.39 is 0 Å². The van der Waals surface area contributed by atoms with E-state index in [1.807, 2.05) is 0 Å². The Kier molecular flexibility index (Phi) is 2.52. The van der Waals surface area contributed by atoms with Gasteiger partial charge in [-0.15, -0.1) is 0 Å². The van der Waals surface area contributed by atoms with E-state index >= 15 is 0 Å². The Labute approximate surface area is 69.6 Å². The highest BCUT2D eigenvalue weighted by Crippen LogP contribution is 2.04. The Balaban J connectivity index is 2.46. The summed E-state index contributed by atoms with van der Waals surface area (Å²) in [6, 6.07) is 0. The van der Waals surface area contributed by atoms with Crippen molar-refractivity contribution >= 4 is 0 Å². The monoisotopic (exact) mass is 158 g/mol. The molecule has 1 saturated heterocycles. The quantitative estimate of drug-likeness (QED) is 0.520. The van der Waals surface area contributed by atoms with Crippen LogP contribution in [-0.4, -0.2) is 63.4 Å². The lowest BCUT2D eigenvalue weighted by molar-refractivity contribution is -0.899. The highest BCUT2D eigenvalue weighted by molar-refractivity contribution is 4.68. The van der Waals surface area contributed by atoms with Gasteiger partial charge >= 0.3 is 0 Å². The van der Waals surface area contributed by atoms with Crippen molar-refractivity contribution in [2.24, 2.45) is 0 Å². The summed E-state index contributed by atoms with van der Waals surface area (Å²) in [7, 11) is 8.88. The minimum absolute atomic E-state index is 0.591. The molecular formula is C8H20N3+. The van der Waals surface area contributed by atoms with Gasteiger partial charge in [0, 0.05) is 13.1 Å². The van der Waals surface area contributed by atoms with E-state index in [0.717, 1.165) is 17.6 Å². The number of nitrogens with zero attached hydrogens (tertiary/aromatic N) is 2. The van der Waals surface area contributed by atoms with Crippen LogP contribution in [0.1, 0.15) is 0 Å². The summed E-state index contributed by atoms with van der Waals surface area (Å²) in [6.45, 7) is 3.46. The standard InChI is InChI=1S/C8H20N3/c1-10-6-5-9-8(7-10)11(2,3)4/h8-9H,5-7H2,1-4H3/q+1. The number of rotatable bonds is 1. The molecule has 0 aromatic rings. The molecule has 0 aliphatic carbocycles. The third-order valence-electron chi connectivity index (χ3n) is 2.29. The minimum Gasteiger partial charge on any atom is -0.315 e. The Morgan fingerprint density at radius 3 is 2.36 bits per heavy atom. The molecule has 1 N–H and O–H groups in total. The van der Waals surface area contributed by atoms with Crippen molar-refractivity contribution in [1.82, 2.24) is 10.2 Å². The van der Waals surface area contributed by atoms with Crippen molar-refractivity contribution in [3.8, 4) is 0 Å². The molecule has 1 rings (SSSR count). The number of nitrogens with one attached hydrogen (secondary N) is 1. The van der Waals surface area contributed by atoms with Crippen LogP contribution in [0.2, 0.25) is 0 Å². The molecule has 0 spiro atoms. The van der Waals surface area contributed by atoms with Crippen molar-refractivity contribution in [3.63, 3.8) is 0 Å². The van der Waals surface area contributed by atoms with Crippen LogP contribution >= 0.6 is 0 Å². The van der Waals surface area contributed by atoms with Gasteiger partial charge < -0.3 is 4.48 Å². The molecule has 0 amide bonds. The first-order chi connectivity index (χ1) is 5.00. The molecule has 3 heteroatoms. The van der Waals surface area contributed by atoms with Crippen molar-refractivity contribution in [1.29, 1.82) is 0 Å². The molecule has 11 heavy (non-hydrogen) atoms. The minimum atomic E-state index is 0.591. The summed E-state index contributed by atoms with van der Waals surface area (Å²) >= 11 is 0. The van der Waals surface area contributed by atoms with Gasteiger partial charge in [-0.05, 0) is 7.05 Å². The zero-order chi connectivity index (χ0) is 8.48. The van der Waals surface area contributed by atoms with Gasteiger partial charge in [-0.2, -0.15) is 0 Å². The van der Waals surface area contributed by atoms with Crippen LogP contribution in [0.5, 0.6) is 0 Å². The second-order valence-corrected chi connectivity index (χ2v) is 4.35. The summed E-state index contributed by atoms with van der Waals surface area (Å²) in [5.41, 5.74) is 0. The van der Waals surface area contributed by atoms with Gasteiger partial charge in [0.2, 0.25) is 0 Å². The smallest absolute Gasteiger partial charge is 0.155 e. The Morgan fingerprint density at radius 1 is 1.36 bits per heavy atom. The van der Waals surface area contributed by atoms with E-state index in [-0.39, 0.29) is 0 Å². The lowest BCUT2D eigenvalue weighted by Gasteiger charge is -2.40. The molecule has 1 atom stereocenters. The molecule has 0 bridgehead atoms. The van der Waals surface area contributed by atoms with Crippen LogP contribution in [0, 0.1) is 0 Å².